The first-order chi connectivity index (χ1) is 9.88. The Balaban J connectivity index is 2.01. The van der Waals surface area contributed by atoms with Crippen molar-refractivity contribution in [3.8, 4) is 5.75 Å². The Morgan fingerprint density at radius 3 is 2.71 bits per heavy atom. The monoisotopic (exact) mass is 366 g/mol. The molecule has 1 N–H and O–H groups in total. The van der Waals surface area contributed by atoms with Gasteiger partial charge in [0.05, 0.1) is 6.61 Å². The van der Waals surface area contributed by atoms with Gasteiger partial charge in [-0.25, -0.2) is 0 Å². The van der Waals surface area contributed by atoms with Crippen molar-refractivity contribution in [3.05, 3.63) is 62.6 Å². The molecule has 0 radical (unpaired) electrons. The zero-order chi connectivity index (χ0) is 15.2. The van der Waals surface area contributed by atoms with Crippen molar-refractivity contribution in [2.24, 2.45) is 0 Å². The molecule has 1 aliphatic rings. The van der Waals surface area contributed by atoms with Crippen LogP contribution in [0.1, 0.15) is 36.6 Å². The molecule has 0 saturated carbocycles. The largest absolute Gasteiger partial charge is 0.492 e. The SMILES string of the molecule is CC1(C)COc2ccc(C(O)c3ccc(Cl)cc3Br)cc21. The van der Waals surface area contributed by atoms with E-state index >= 15 is 0 Å². The highest BCUT2D eigenvalue weighted by Crippen LogP contribution is 2.41. The molecule has 0 spiro atoms. The van der Waals surface area contributed by atoms with Gasteiger partial charge in [0.15, 0.2) is 0 Å². The maximum atomic E-state index is 10.7. The lowest BCUT2D eigenvalue weighted by Gasteiger charge is -2.18. The summed E-state index contributed by atoms with van der Waals surface area (Å²) in [6.45, 7) is 4.97. The summed E-state index contributed by atoms with van der Waals surface area (Å²) in [6, 6.07) is 11.3. The number of ether oxygens (including phenoxy) is 1. The van der Waals surface area contributed by atoms with Crippen LogP contribution in [0.25, 0.3) is 0 Å². The predicted octanol–water partition coefficient (Wildman–Crippen LogP) is 4.85. The molecule has 0 fully saturated rings. The first-order valence-electron chi connectivity index (χ1n) is 6.79. The van der Waals surface area contributed by atoms with Crippen LogP contribution in [0.3, 0.4) is 0 Å². The molecule has 2 aromatic rings. The Bertz CT molecular complexity index is 697. The highest BCUT2D eigenvalue weighted by Gasteiger charge is 2.32. The van der Waals surface area contributed by atoms with E-state index < -0.39 is 6.10 Å². The molecule has 1 atom stereocenters. The summed E-state index contributed by atoms with van der Waals surface area (Å²) in [5.41, 5.74) is 2.78. The highest BCUT2D eigenvalue weighted by molar-refractivity contribution is 9.10. The minimum atomic E-state index is -0.696. The number of benzene rings is 2. The van der Waals surface area contributed by atoms with Crippen LogP contribution < -0.4 is 4.74 Å². The molecule has 3 rings (SSSR count). The summed E-state index contributed by atoms with van der Waals surface area (Å²) < 4.78 is 6.49. The van der Waals surface area contributed by atoms with Gasteiger partial charge in [-0.3, -0.25) is 0 Å². The summed E-state index contributed by atoms with van der Waals surface area (Å²) in [5.74, 6) is 0.908. The first-order valence-corrected chi connectivity index (χ1v) is 7.96. The van der Waals surface area contributed by atoms with Gasteiger partial charge in [-0.1, -0.05) is 53.5 Å². The third kappa shape index (κ3) is 2.70. The van der Waals surface area contributed by atoms with Crippen LogP contribution >= 0.6 is 27.5 Å². The second-order valence-electron chi connectivity index (χ2n) is 6.00. The summed E-state index contributed by atoms with van der Waals surface area (Å²) in [7, 11) is 0. The van der Waals surface area contributed by atoms with Gasteiger partial charge in [-0.2, -0.15) is 0 Å². The molecule has 0 bridgehead atoms. The van der Waals surface area contributed by atoms with Gasteiger partial charge < -0.3 is 9.84 Å². The van der Waals surface area contributed by atoms with Crippen LogP contribution in [0.5, 0.6) is 5.75 Å². The Hall–Kier alpha value is -1.03. The minimum Gasteiger partial charge on any atom is -0.492 e. The molecule has 1 heterocycles. The summed E-state index contributed by atoms with van der Waals surface area (Å²) in [5, 5.41) is 11.3. The number of aliphatic hydroxyl groups is 1. The van der Waals surface area contributed by atoms with Crippen molar-refractivity contribution < 1.29 is 9.84 Å². The molecule has 21 heavy (non-hydrogen) atoms. The molecule has 2 nitrogen and oxygen atoms in total. The number of halogens is 2. The fourth-order valence-corrected chi connectivity index (χ4v) is 3.51. The average molecular weight is 368 g/mol. The molecular weight excluding hydrogens is 352 g/mol. The Morgan fingerprint density at radius 2 is 2.00 bits per heavy atom. The van der Waals surface area contributed by atoms with Crippen LogP contribution in [0.15, 0.2) is 40.9 Å². The predicted molar refractivity (Wildman–Crippen MR) is 88.2 cm³/mol. The third-order valence-electron chi connectivity index (χ3n) is 3.89. The lowest BCUT2D eigenvalue weighted by atomic mass is 9.85. The van der Waals surface area contributed by atoms with Crippen LogP contribution in [-0.2, 0) is 5.41 Å². The number of aliphatic hydroxyl groups excluding tert-OH is 1. The number of rotatable bonds is 2. The summed E-state index contributed by atoms with van der Waals surface area (Å²) >= 11 is 9.41. The summed E-state index contributed by atoms with van der Waals surface area (Å²) in [4.78, 5) is 0. The quantitative estimate of drug-likeness (QED) is 0.822. The molecule has 0 saturated heterocycles. The average Bonchev–Trinajstić information content (AvgIpc) is 2.74. The van der Waals surface area contributed by atoms with Crippen molar-refractivity contribution in [2.75, 3.05) is 6.61 Å². The molecule has 0 aliphatic carbocycles. The molecule has 4 heteroatoms. The van der Waals surface area contributed by atoms with E-state index in [-0.39, 0.29) is 5.41 Å². The number of hydrogen-bond acceptors (Lipinski definition) is 2. The fourth-order valence-electron chi connectivity index (χ4n) is 2.61. The van der Waals surface area contributed by atoms with E-state index in [2.05, 4.69) is 29.8 Å². The van der Waals surface area contributed by atoms with Gasteiger partial charge in [0.25, 0.3) is 0 Å². The van der Waals surface area contributed by atoms with E-state index in [0.29, 0.717) is 11.6 Å². The smallest absolute Gasteiger partial charge is 0.123 e. The van der Waals surface area contributed by atoms with Crippen LogP contribution in [0.2, 0.25) is 5.02 Å². The molecule has 1 aliphatic heterocycles. The van der Waals surface area contributed by atoms with Crippen LogP contribution in [0, 0.1) is 0 Å². The number of hydrogen-bond donors (Lipinski definition) is 1. The third-order valence-corrected chi connectivity index (χ3v) is 4.82. The maximum absolute atomic E-state index is 10.7. The number of fused-ring (bicyclic) bond motifs is 1. The zero-order valence-corrected chi connectivity index (χ0v) is 14.2. The molecule has 1 unspecified atom stereocenters. The fraction of sp³-hybridized carbons (Fsp3) is 0.294. The molecular formula is C17H16BrClO2. The van der Waals surface area contributed by atoms with Crippen LogP contribution in [0.4, 0.5) is 0 Å². The Labute approximate surface area is 137 Å². The second kappa shape index (κ2) is 5.31. The van der Waals surface area contributed by atoms with Gasteiger partial charge in [0.2, 0.25) is 0 Å². The molecule has 110 valence electrons. The van der Waals surface area contributed by atoms with Crippen molar-refractivity contribution in [2.45, 2.75) is 25.4 Å². The van der Waals surface area contributed by atoms with Gasteiger partial charge in [0.1, 0.15) is 11.9 Å². The van der Waals surface area contributed by atoms with Gasteiger partial charge in [-0.05, 0) is 35.4 Å². The van der Waals surface area contributed by atoms with Crippen molar-refractivity contribution >= 4 is 27.5 Å². The van der Waals surface area contributed by atoms with Crippen molar-refractivity contribution in [1.82, 2.24) is 0 Å². The molecule has 0 aromatic heterocycles. The van der Waals surface area contributed by atoms with Gasteiger partial charge in [-0.15, -0.1) is 0 Å². The van der Waals surface area contributed by atoms with Crippen molar-refractivity contribution in [3.63, 3.8) is 0 Å². The van der Waals surface area contributed by atoms with E-state index in [1.54, 1.807) is 12.1 Å². The van der Waals surface area contributed by atoms with Gasteiger partial charge >= 0.3 is 0 Å². The highest BCUT2D eigenvalue weighted by atomic mass is 79.9. The maximum Gasteiger partial charge on any atom is 0.123 e. The minimum absolute atomic E-state index is 0.0255. The van der Waals surface area contributed by atoms with Crippen LogP contribution in [-0.4, -0.2) is 11.7 Å². The van der Waals surface area contributed by atoms with E-state index in [4.69, 9.17) is 16.3 Å². The Kier molecular flexibility index (Phi) is 3.76. The Morgan fingerprint density at radius 1 is 1.24 bits per heavy atom. The van der Waals surface area contributed by atoms with Gasteiger partial charge in [0, 0.05) is 20.5 Å². The molecule has 0 amide bonds. The lowest BCUT2D eigenvalue weighted by molar-refractivity contribution is 0.219. The van der Waals surface area contributed by atoms with Crippen molar-refractivity contribution in [1.29, 1.82) is 0 Å². The molecule has 2 aromatic carbocycles. The normalized spacial score (nSPS) is 17.2. The topological polar surface area (TPSA) is 29.5 Å². The lowest BCUT2D eigenvalue weighted by Crippen LogP contribution is -2.18. The van der Waals surface area contributed by atoms with E-state index in [1.807, 2.05) is 24.3 Å². The van der Waals surface area contributed by atoms with E-state index in [9.17, 15) is 5.11 Å². The first kappa shape index (κ1) is 14.9. The standard InChI is InChI=1S/C17H16BrClO2/c1-17(2)9-21-15-6-3-10(7-13(15)17)16(20)12-5-4-11(19)8-14(12)18/h3-8,16,20H,9H2,1-2H3. The second-order valence-corrected chi connectivity index (χ2v) is 7.29. The van der Waals surface area contributed by atoms with E-state index in [1.165, 1.54) is 0 Å². The zero-order valence-electron chi connectivity index (χ0n) is 11.9. The summed E-state index contributed by atoms with van der Waals surface area (Å²) in [6.07, 6.45) is -0.696. The van der Waals surface area contributed by atoms with E-state index in [0.717, 1.165) is 26.9 Å².